The molecule has 4 rings (SSSR count). The van der Waals surface area contributed by atoms with Crippen molar-refractivity contribution in [1.29, 1.82) is 0 Å². The number of fused-ring (bicyclic) bond motifs is 1. The molecule has 0 bridgehead atoms. The molecule has 2 aliphatic heterocycles. The van der Waals surface area contributed by atoms with Crippen molar-refractivity contribution in [2.45, 2.75) is 37.8 Å². The number of nitrogens with one attached hydrogen (secondary N) is 1. The number of hydrogen-bond donors (Lipinski definition) is 1. The van der Waals surface area contributed by atoms with Crippen LogP contribution < -0.4 is 5.32 Å². The molecule has 1 N–H and O–H groups in total. The Labute approximate surface area is 127 Å². The van der Waals surface area contributed by atoms with E-state index in [9.17, 15) is 0 Å². The second-order valence-corrected chi connectivity index (χ2v) is 6.87. The van der Waals surface area contributed by atoms with Gasteiger partial charge in [0.25, 0.3) is 0 Å². The minimum atomic E-state index is -0.0760. The van der Waals surface area contributed by atoms with Crippen molar-refractivity contribution < 1.29 is 9.47 Å². The molecule has 2 atom stereocenters. The molecule has 112 valence electrons. The van der Waals surface area contributed by atoms with Crippen LogP contribution in [0.25, 0.3) is 10.2 Å². The van der Waals surface area contributed by atoms with Gasteiger partial charge >= 0.3 is 0 Å². The van der Waals surface area contributed by atoms with Gasteiger partial charge in [0, 0.05) is 25.7 Å². The minimum Gasteiger partial charge on any atom is -0.378 e. The van der Waals surface area contributed by atoms with Gasteiger partial charge in [-0.3, -0.25) is 0 Å². The first-order chi connectivity index (χ1) is 10.3. The van der Waals surface area contributed by atoms with Crippen LogP contribution in [0, 0.1) is 6.92 Å². The average Bonchev–Trinajstić information content (AvgIpc) is 3.08. The summed E-state index contributed by atoms with van der Waals surface area (Å²) in [6.07, 6.45) is 4.65. The standard InChI is InChI=1S/C15H19N3O2S/c1-10-7-21-13-12(10)16-9-17-14(13)18-11-2-4-20-15(6-11)3-5-19-8-15/h7,9,11H,2-6,8H2,1H3,(H,16,17,18)/t11-,15+/m1/s1. The van der Waals surface area contributed by atoms with Gasteiger partial charge in [-0.05, 0) is 30.7 Å². The van der Waals surface area contributed by atoms with Crippen LogP contribution in [0.2, 0.25) is 0 Å². The van der Waals surface area contributed by atoms with Gasteiger partial charge in [0.1, 0.15) is 12.1 Å². The zero-order chi connectivity index (χ0) is 14.3. The zero-order valence-corrected chi connectivity index (χ0v) is 12.9. The first-order valence-electron chi connectivity index (χ1n) is 7.43. The SMILES string of the molecule is Cc1csc2c(N[C@@H]3CCO[C@@]4(CCOC4)C3)ncnc12. The number of thiophene rings is 1. The molecule has 21 heavy (non-hydrogen) atoms. The summed E-state index contributed by atoms with van der Waals surface area (Å²) < 4.78 is 12.7. The first kappa shape index (κ1) is 13.4. The van der Waals surface area contributed by atoms with Gasteiger partial charge < -0.3 is 14.8 Å². The first-order valence-corrected chi connectivity index (χ1v) is 8.31. The summed E-state index contributed by atoms with van der Waals surface area (Å²) in [5, 5.41) is 5.75. The normalized spacial score (nSPS) is 29.3. The highest BCUT2D eigenvalue weighted by Gasteiger charge is 2.41. The fourth-order valence-corrected chi connectivity index (χ4v) is 4.23. The molecule has 2 aliphatic rings. The average molecular weight is 305 g/mol. The van der Waals surface area contributed by atoms with Gasteiger partial charge in [-0.25, -0.2) is 9.97 Å². The topological polar surface area (TPSA) is 56.3 Å². The summed E-state index contributed by atoms with van der Waals surface area (Å²) in [4.78, 5) is 8.83. The molecule has 2 fully saturated rings. The predicted octanol–water partition coefficient (Wildman–Crippen LogP) is 2.75. The third-order valence-electron chi connectivity index (χ3n) is 4.43. The Balaban J connectivity index is 1.57. The Morgan fingerprint density at radius 2 is 2.33 bits per heavy atom. The summed E-state index contributed by atoms with van der Waals surface area (Å²) in [6.45, 7) is 4.42. The van der Waals surface area contributed by atoms with Crippen LogP contribution >= 0.6 is 11.3 Å². The van der Waals surface area contributed by atoms with Gasteiger partial charge in [0.05, 0.1) is 22.4 Å². The molecule has 0 aromatic carbocycles. The maximum absolute atomic E-state index is 5.99. The van der Waals surface area contributed by atoms with Gasteiger partial charge in [0.2, 0.25) is 0 Å². The van der Waals surface area contributed by atoms with E-state index in [1.54, 1.807) is 17.7 Å². The maximum atomic E-state index is 5.99. The van der Waals surface area contributed by atoms with Crippen LogP contribution in [0.5, 0.6) is 0 Å². The van der Waals surface area contributed by atoms with E-state index in [0.29, 0.717) is 6.04 Å². The van der Waals surface area contributed by atoms with Crippen molar-refractivity contribution in [2.24, 2.45) is 0 Å². The van der Waals surface area contributed by atoms with Crippen molar-refractivity contribution in [2.75, 3.05) is 25.1 Å². The van der Waals surface area contributed by atoms with Crippen molar-refractivity contribution in [3.63, 3.8) is 0 Å². The summed E-state index contributed by atoms with van der Waals surface area (Å²) in [6, 6.07) is 0.390. The molecular formula is C15H19N3O2S. The molecule has 0 amide bonds. The number of aromatic nitrogens is 2. The quantitative estimate of drug-likeness (QED) is 0.924. The molecule has 0 saturated carbocycles. The van der Waals surface area contributed by atoms with Crippen molar-refractivity contribution >= 4 is 27.4 Å². The highest BCUT2D eigenvalue weighted by molar-refractivity contribution is 7.18. The lowest BCUT2D eigenvalue weighted by Gasteiger charge is -2.37. The van der Waals surface area contributed by atoms with E-state index in [0.717, 1.165) is 55.1 Å². The Bertz CT molecular complexity index is 651. The Kier molecular flexibility index (Phi) is 3.32. The van der Waals surface area contributed by atoms with Crippen molar-refractivity contribution in [3.05, 3.63) is 17.3 Å². The van der Waals surface area contributed by atoms with E-state index < -0.39 is 0 Å². The predicted molar refractivity (Wildman–Crippen MR) is 82.9 cm³/mol. The minimum absolute atomic E-state index is 0.0760. The molecule has 2 aromatic heterocycles. The van der Waals surface area contributed by atoms with E-state index in [1.807, 2.05) is 0 Å². The molecule has 6 heteroatoms. The Morgan fingerprint density at radius 3 is 3.19 bits per heavy atom. The molecule has 2 saturated heterocycles. The summed E-state index contributed by atoms with van der Waals surface area (Å²) >= 11 is 1.71. The van der Waals surface area contributed by atoms with E-state index in [-0.39, 0.29) is 5.60 Å². The zero-order valence-electron chi connectivity index (χ0n) is 12.1. The van der Waals surface area contributed by atoms with Crippen molar-refractivity contribution in [3.8, 4) is 0 Å². The lowest BCUT2D eigenvalue weighted by molar-refractivity contribution is -0.0828. The van der Waals surface area contributed by atoms with E-state index >= 15 is 0 Å². The fraction of sp³-hybridized carbons (Fsp3) is 0.600. The number of anilines is 1. The highest BCUT2D eigenvalue weighted by Crippen LogP contribution is 2.35. The number of nitrogens with zero attached hydrogens (tertiary/aromatic N) is 2. The van der Waals surface area contributed by atoms with Crippen LogP contribution in [0.1, 0.15) is 24.8 Å². The lowest BCUT2D eigenvalue weighted by Crippen LogP contribution is -2.45. The molecular weight excluding hydrogens is 286 g/mol. The summed E-state index contributed by atoms with van der Waals surface area (Å²) in [5.74, 6) is 0.957. The number of ether oxygens (including phenoxy) is 2. The smallest absolute Gasteiger partial charge is 0.147 e. The molecule has 0 unspecified atom stereocenters. The third kappa shape index (κ3) is 2.41. The Morgan fingerprint density at radius 1 is 1.38 bits per heavy atom. The number of rotatable bonds is 2. The van der Waals surface area contributed by atoms with Crippen molar-refractivity contribution in [1.82, 2.24) is 9.97 Å². The van der Waals surface area contributed by atoms with Crippen LogP contribution in [0.4, 0.5) is 5.82 Å². The number of aryl methyl sites for hydroxylation is 1. The van der Waals surface area contributed by atoms with Crippen LogP contribution in [-0.2, 0) is 9.47 Å². The van der Waals surface area contributed by atoms with Gasteiger partial charge in [-0.2, -0.15) is 0 Å². The molecule has 5 nitrogen and oxygen atoms in total. The van der Waals surface area contributed by atoms with E-state index in [1.165, 1.54) is 5.56 Å². The molecule has 4 heterocycles. The Hall–Kier alpha value is -1.24. The molecule has 0 aliphatic carbocycles. The number of hydrogen-bond acceptors (Lipinski definition) is 6. The lowest BCUT2D eigenvalue weighted by atomic mass is 9.90. The van der Waals surface area contributed by atoms with E-state index in [4.69, 9.17) is 9.47 Å². The fourth-order valence-electron chi connectivity index (χ4n) is 3.28. The maximum Gasteiger partial charge on any atom is 0.147 e. The second-order valence-electron chi connectivity index (χ2n) is 5.99. The van der Waals surface area contributed by atoms with Crippen LogP contribution in [0.15, 0.2) is 11.7 Å². The third-order valence-corrected chi connectivity index (χ3v) is 5.53. The summed E-state index contributed by atoms with van der Waals surface area (Å²) in [5.41, 5.74) is 2.20. The molecule has 1 spiro atoms. The van der Waals surface area contributed by atoms with Crippen LogP contribution in [-0.4, -0.2) is 41.4 Å². The monoisotopic (exact) mass is 305 g/mol. The summed E-state index contributed by atoms with van der Waals surface area (Å²) in [7, 11) is 0. The molecule has 0 radical (unpaired) electrons. The highest BCUT2D eigenvalue weighted by atomic mass is 32.1. The van der Waals surface area contributed by atoms with Gasteiger partial charge in [0.15, 0.2) is 0 Å². The van der Waals surface area contributed by atoms with Gasteiger partial charge in [-0.1, -0.05) is 0 Å². The second kappa shape index (κ2) is 5.19. The van der Waals surface area contributed by atoms with Gasteiger partial charge in [-0.15, -0.1) is 11.3 Å². The van der Waals surface area contributed by atoms with Crippen LogP contribution in [0.3, 0.4) is 0 Å². The van der Waals surface area contributed by atoms with E-state index in [2.05, 4.69) is 27.6 Å². The largest absolute Gasteiger partial charge is 0.378 e. The molecule has 2 aromatic rings.